The fourth-order valence-electron chi connectivity index (χ4n) is 3.35. The van der Waals surface area contributed by atoms with E-state index in [1.54, 1.807) is 43.5 Å². The van der Waals surface area contributed by atoms with Crippen LogP contribution in [-0.4, -0.2) is 23.2 Å². The number of rotatable bonds is 7. The van der Waals surface area contributed by atoms with Gasteiger partial charge in [0.2, 0.25) is 0 Å². The van der Waals surface area contributed by atoms with E-state index in [-0.39, 0.29) is 17.7 Å². The van der Waals surface area contributed by atoms with Gasteiger partial charge in [-0.05, 0) is 65.7 Å². The molecule has 4 rings (SSSR count). The van der Waals surface area contributed by atoms with Crippen LogP contribution in [0.2, 0.25) is 10.0 Å². The van der Waals surface area contributed by atoms with Gasteiger partial charge in [0.15, 0.2) is 11.5 Å². The van der Waals surface area contributed by atoms with Crippen molar-refractivity contribution in [1.29, 1.82) is 0 Å². The molecule has 1 fully saturated rings. The first kappa shape index (κ1) is 24.2. The molecule has 1 saturated heterocycles. The molecule has 5 nitrogen and oxygen atoms in total. The number of ether oxygens (including phenoxy) is 2. The van der Waals surface area contributed by atoms with E-state index in [0.717, 1.165) is 28.5 Å². The first-order chi connectivity index (χ1) is 16.3. The highest BCUT2D eigenvalue weighted by atomic mass is 35.5. The minimum Gasteiger partial charge on any atom is -0.493 e. The minimum atomic E-state index is -0.361. The van der Waals surface area contributed by atoms with Gasteiger partial charge in [0, 0.05) is 0 Å². The molecule has 3 aromatic rings. The van der Waals surface area contributed by atoms with Gasteiger partial charge in [-0.2, -0.15) is 0 Å². The van der Waals surface area contributed by atoms with Crippen molar-refractivity contribution in [2.45, 2.75) is 20.1 Å². The Bertz CT molecular complexity index is 1270. The minimum absolute atomic E-state index is 0.119. The molecule has 34 heavy (non-hydrogen) atoms. The van der Waals surface area contributed by atoms with Crippen LogP contribution in [0, 0.1) is 6.92 Å². The average Bonchev–Trinajstić information content (AvgIpc) is 3.08. The Labute approximate surface area is 212 Å². The van der Waals surface area contributed by atoms with E-state index in [1.807, 2.05) is 37.3 Å². The summed E-state index contributed by atoms with van der Waals surface area (Å²) in [4.78, 5) is 26.9. The number of hydrogen-bond acceptors (Lipinski definition) is 5. The highest BCUT2D eigenvalue weighted by Crippen LogP contribution is 2.36. The predicted octanol–water partition coefficient (Wildman–Crippen LogP) is 7.13. The third-order valence-corrected chi connectivity index (χ3v) is 6.85. The number of aryl methyl sites for hydroxylation is 1. The van der Waals surface area contributed by atoms with Gasteiger partial charge in [-0.15, -0.1) is 0 Å². The molecule has 0 radical (unpaired) electrons. The summed E-state index contributed by atoms with van der Waals surface area (Å²) >= 11 is 12.9. The van der Waals surface area contributed by atoms with Crippen LogP contribution in [0.3, 0.4) is 0 Å². The van der Waals surface area contributed by atoms with Crippen molar-refractivity contribution in [3.63, 3.8) is 0 Å². The van der Waals surface area contributed by atoms with Crippen LogP contribution in [0.15, 0.2) is 65.6 Å². The Morgan fingerprint density at radius 3 is 2.35 bits per heavy atom. The van der Waals surface area contributed by atoms with Crippen molar-refractivity contribution in [2.24, 2.45) is 0 Å². The summed E-state index contributed by atoms with van der Waals surface area (Å²) in [5.74, 6) is 0.767. The third kappa shape index (κ3) is 5.58. The maximum atomic E-state index is 12.9. The van der Waals surface area contributed by atoms with Crippen LogP contribution < -0.4 is 9.47 Å². The van der Waals surface area contributed by atoms with Gasteiger partial charge in [-0.1, -0.05) is 65.2 Å². The summed E-state index contributed by atoms with van der Waals surface area (Å²) in [5, 5.41) is 0.450. The van der Waals surface area contributed by atoms with Gasteiger partial charge in [-0.25, -0.2) is 0 Å². The fourth-order valence-corrected chi connectivity index (χ4v) is 4.51. The molecule has 3 aromatic carbocycles. The van der Waals surface area contributed by atoms with E-state index >= 15 is 0 Å². The smallest absolute Gasteiger partial charge is 0.293 e. The summed E-state index contributed by atoms with van der Waals surface area (Å²) in [5.41, 5.74) is 3.67. The largest absolute Gasteiger partial charge is 0.493 e. The summed E-state index contributed by atoms with van der Waals surface area (Å²) < 4.78 is 11.4. The first-order valence-corrected chi connectivity index (χ1v) is 12.0. The molecular formula is C26H21Cl2NO4S. The molecule has 0 atom stereocenters. The van der Waals surface area contributed by atoms with Crippen molar-refractivity contribution in [3.05, 3.63) is 97.9 Å². The van der Waals surface area contributed by atoms with Crippen molar-refractivity contribution in [2.75, 3.05) is 7.11 Å². The lowest BCUT2D eigenvalue weighted by atomic mass is 10.1. The van der Waals surface area contributed by atoms with Crippen LogP contribution in [-0.2, 0) is 17.9 Å². The van der Waals surface area contributed by atoms with Gasteiger partial charge in [-0.3, -0.25) is 14.5 Å². The second-order valence-corrected chi connectivity index (χ2v) is 9.51. The molecule has 8 heteroatoms. The van der Waals surface area contributed by atoms with Gasteiger partial charge >= 0.3 is 0 Å². The molecule has 0 unspecified atom stereocenters. The molecule has 1 aliphatic rings. The van der Waals surface area contributed by atoms with E-state index in [2.05, 4.69) is 0 Å². The predicted molar refractivity (Wildman–Crippen MR) is 136 cm³/mol. The molecule has 0 spiro atoms. The lowest BCUT2D eigenvalue weighted by Gasteiger charge is -2.13. The molecule has 1 aliphatic heterocycles. The topological polar surface area (TPSA) is 55.8 Å². The summed E-state index contributed by atoms with van der Waals surface area (Å²) in [6, 6.07) is 18.5. The third-order valence-electron chi connectivity index (χ3n) is 5.20. The Kier molecular flexibility index (Phi) is 7.51. The Balaban J connectivity index is 1.48. The van der Waals surface area contributed by atoms with Gasteiger partial charge in [0.25, 0.3) is 11.1 Å². The second-order valence-electron chi connectivity index (χ2n) is 7.70. The monoisotopic (exact) mass is 513 g/mol. The number of carbonyl (C=O) groups excluding carboxylic acids is 2. The van der Waals surface area contributed by atoms with Crippen molar-refractivity contribution in [3.8, 4) is 11.5 Å². The van der Waals surface area contributed by atoms with Crippen LogP contribution >= 0.6 is 35.0 Å². The number of benzene rings is 3. The molecule has 0 N–H and O–H groups in total. The van der Waals surface area contributed by atoms with Crippen LogP contribution in [0.25, 0.3) is 6.08 Å². The van der Waals surface area contributed by atoms with Gasteiger partial charge < -0.3 is 9.47 Å². The number of amides is 2. The molecule has 0 aliphatic carbocycles. The van der Waals surface area contributed by atoms with Crippen molar-refractivity contribution < 1.29 is 19.1 Å². The van der Waals surface area contributed by atoms with E-state index < -0.39 is 0 Å². The molecular weight excluding hydrogens is 493 g/mol. The van der Waals surface area contributed by atoms with Crippen LogP contribution in [0.5, 0.6) is 11.5 Å². The Hall–Kier alpha value is -2.93. The van der Waals surface area contributed by atoms with Crippen molar-refractivity contribution in [1.82, 2.24) is 4.90 Å². The van der Waals surface area contributed by atoms with E-state index in [1.165, 1.54) is 10.5 Å². The number of nitrogens with zero attached hydrogens (tertiary/aromatic N) is 1. The van der Waals surface area contributed by atoms with Crippen LogP contribution in [0.1, 0.15) is 22.3 Å². The normalized spacial score (nSPS) is 14.7. The quantitative estimate of drug-likeness (QED) is 0.314. The molecule has 0 bridgehead atoms. The molecule has 174 valence electrons. The first-order valence-electron chi connectivity index (χ1n) is 10.4. The highest BCUT2D eigenvalue weighted by Gasteiger charge is 2.35. The standard InChI is InChI=1S/C26H21Cl2NO4S/c1-16-3-5-17(6-4-16)15-33-22-10-8-18(12-23(22)32-2)13-24-25(30)29(26(31)34-24)14-19-7-9-20(27)21(28)11-19/h3-13H,14-15H2,1-2H3/b24-13-. The summed E-state index contributed by atoms with van der Waals surface area (Å²) in [7, 11) is 1.56. The zero-order valence-electron chi connectivity index (χ0n) is 18.5. The number of methoxy groups -OCH3 is 1. The number of halogens is 2. The number of imide groups is 1. The number of hydrogen-bond donors (Lipinski definition) is 0. The van der Waals surface area contributed by atoms with E-state index in [4.69, 9.17) is 32.7 Å². The molecule has 0 saturated carbocycles. The lowest BCUT2D eigenvalue weighted by molar-refractivity contribution is -0.123. The molecule has 2 amide bonds. The zero-order chi connectivity index (χ0) is 24.2. The van der Waals surface area contributed by atoms with Gasteiger partial charge in [0.1, 0.15) is 6.61 Å². The zero-order valence-corrected chi connectivity index (χ0v) is 20.8. The Morgan fingerprint density at radius 1 is 0.912 bits per heavy atom. The Morgan fingerprint density at radius 2 is 1.65 bits per heavy atom. The van der Waals surface area contributed by atoms with Gasteiger partial charge in [0.05, 0.1) is 28.6 Å². The maximum Gasteiger partial charge on any atom is 0.293 e. The molecule has 1 heterocycles. The van der Waals surface area contributed by atoms with E-state index in [9.17, 15) is 9.59 Å². The number of carbonyl (C=O) groups is 2. The maximum absolute atomic E-state index is 12.9. The SMILES string of the molecule is COc1cc(/C=C2\SC(=O)N(Cc3ccc(Cl)c(Cl)c3)C2=O)ccc1OCc1ccc(C)cc1. The summed E-state index contributed by atoms with van der Waals surface area (Å²) in [6.07, 6.45) is 1.67. The van der Waals surface area contributed by atoms with E-state index in [0.29, 0.717) is 33.1 Å². The average molecular weight is 514 g/mol. The number of thioether (sulfide) groups is 1. The summed E-state index contributed by atoms with van der Waals surface area (Å²) in [6.45, 7) is 2.56. The fraction of sp³-hybridized carbons (Fsp3) is 0.154. The molecule has 0 aromatic heterocycles. The van der Waals surface area contributed by atoms with Crippen LogP contribution in [0.4, 0.5) is 4.79 Å². The van der Waals surface area contributed by atoms with Crippen molar-refractivity contribution >= 4 is 52.2 Å². The lowest BCUT2D eigenvalue weighted by Crippen LogP contribution is -2.27. The second kappa shape index (κ2) is 10.6. The highest BCUT2D eigenvalue weighted by molar-refractivity contribution is 8.18.